The van der Waals surface area contributed by atoms with Crippen LogP contribution in [-0.4, -0.2) is 11.1 Å². The molecular formula is C14H13BrClNO3. The molecule has 1 unspecified atom stereocenters. The number of hydrogen-bond donors (Lipinski definition) is 0. The van der Waals surface area contributed by atoms with Gasteiger partial charge in [-0.05, 0) is 47.5 Å². The second-order valence-corrected chi connectivity index (χ2v) is 5.54. The van der Waals surface area contributed by atoms with Crippen molar-refractivity contribution in [2.75, 3.05) is 0 Å². The first-order valence-corrected chi connectivity index (χ1v) is 7.20. The van der Waals surface area contributed by atoms with Gasteiger partial charge in [-0.15, -0.1) is 0 Å². The van der Waals surface area contributed by atoms with E-state index in [2.05, 4.69) is 21.1 Å². The van der Waals surface area contributed by atoms with Crippen molar-refractivity contribution >= 4 is 33.5 Å². The zero-order valence-electron chi connectivity index (χ0n) is 11.0. The Balaban J connectivity index is 2.01. The van der Waals surface area contributed by atoms with Gasteiger partial charge in [0, 0.05) is 10.6 Å². The third-order valence-corrected chi connectivity index (χ3v) is 3.74. The molecular weight excluding hydrogens is 346 g/mol. The van der Waals surface area contributed by atoms with Crippen molar-refractivity contribution in [2.45, 2.75) is 26.4 Å². The lowest BCUT2D eigenvalue weighted by atomic mass is 10.1. The van der Waals surface area contributed by atoms with Crippen LogP contribution in [0.4, 0.5) is 0 Å². The summed E-state index contributed by atoms with van der Waals surface area (Å²) >= 11 is 9.13. The van der Waals surface area contributed by atoms with Crippen molar-refractivity contribution < 1.29 is 14.1 Å². The van der Waals surface area contributed by atoms with Crippen molar-refractivity contribution in [2.24, 2.45) is 0 Å². The van der Waals surface area contributed by atoms with Crippen molar-refractivity contribution in [1.82, 2.24) is 5.16 Å². The summed E-state index contributed by atoms with van der Waals surface area (Å²) in [5.41, 5.74) is 2.23. The molecule has 6 heteroatoms. The van der Waals surface area contributed by atoms with Crippen molar-refractivity contribution in [3.05, 3.63) is 50.8 Å². The Morgan fingerprint density at radius 1 is 1.55 bits per heavy atom. The van der Waals surface area contributed by atoms with Crippen molar-refractivity contribution in [3.8, 4) is 0 Å². The summed E-state index contributed by atoms with van der Waals surface area (Å²) in [6, 6.07) is 7.24. The monoisotopic (exact) mass is 357 g/mol. The smallest absolute Gasteiger partial charge is 0.311 e. The van der Waals surface area contributed by atoms with Crippen LogP contribution in [0.1, 0.15) is 29.8 Å². The summed E-state index contributed by atoms with van der Waals surface area (Å²) < 4.78 is 10.8. The maximum absolute atomic E-state index is 11.9. The minimum atomic E-state index is -0.361. The lowest BCUT2D eigenvalue weighted by molar-refractivity contribution is -0.147. The molecule has 0 amide bonds. The van der Waals surface area contributed by atoms with Crippen molar-refractivity contribution in [1.29, 1.82) is 0 Å². The van der Waals surface area contributed by atoms with Gasteiger partial charge in [-0.25, -0.2) is 0 Å². The highest BCUT2D eigenvalue weighted by molar-refractivity contribution is 9.10. The topological polar surface area (TPSA) is 52.3 Å². The summed E-state index contributed by atoms with van der Waals surface area (Å²) in [5.74, 6) is -0.343. The Bertz CT molecular complexity index is 607. The molecule has 0 aliphatic rings. The molecule has 106 valence electrons. The van der Waals surface area contributed by atoms with E-state index < -0.39 is 0 Å². The number of esters is 1. The maximum Gasteiger partial charge on any atom is 0.311 e. The van der Waals surface area contributed by atoms with E-state index in [9.17, 15) is 4.79 Å². The third-order valence-electron chi connectivity index (χ3n) is 2.88. The van der Waals surface area contributed by atoms with Crippen molar-refractivity contribution in [3.63, 3.8) is 0 Å². The Hall–Kier alpha value is -1.33. The van der Waals surface area contributed by atoms with Crippen LogP contribution >= 0.6 is 27.5 Å². The normalized spacial score (nSPS) is 12.2. The van der Waals surface area contributed by atoms with Crippen LogP contribution in [0.5, 0.6) is 0 Å². The molecule has 0 aliphatic heterocycles. The van der Waals surface area contributed by atoms with Gasteiger partial charge in [0.25, 0.3) is 0 Å². The SMILES string of the molecule is Cc1noc(Br)c1CC(=O)OC(C)c1cccc(Cl)c1. The molecule has 0 saturated carbocycles. The standard InChI is InChI=1S/C14H13BrClNO3/c1-8-12(14(15)20-17-8)7-13(18)19-9(2)10-4-3-5-11(16)6-10/h3-6,9H,7H2,1-2H3. The number of aromatic nitrogens is 1. The Morgan fingerprint density at radius 2 is 2.30 bits per heavy atom. The molecule has 0 N–H and O–H groups in total. The number of hydrogen-bond acceptors (Lipinski definition) is 4. The molecule has 0 fully saturated rings. The molecule has 0 bridgehead atoms. The fourth-order valence-corrected chi connectivity index (χ4v) is 2.47. The summed E-state index contributed by atoms with van der Waals surface area (Å²) in [6.07, 6.45) is -0.249. The van der Waals surface area contributed by atoms with Crippen LogP contribution in [0, 0.1) is 6.92 Å². The van der Waals surface area contributed by atoms with E-state index in [0.717, 1.165) is 5.56 Å². The molecule has 2 aromatic rings. The van der Waals surface area contributed by atoms with Crippen LogP contribution in [0.15, 0.2) is 33.5 Å². The highest BCUT2D eigenvalue weighted by atomic mass is 79.9. The Kier molecular flexibility index (Phi) is 4.83. The van der Waals surface area contributed by atoms with E-state index in [1.54, 1.807) is 26.0 Å². The van der Waals surface area contributed by atoms with E-state index in [0.29, 0.717) is 20.9 Å². The van der Waals surface area contributed by atoms with E-state index in [1.807, 2.05) is 12.1 Å². The van der Waals surface area contributed by atoms with E-state index in [-0.39, 0.29) is 18.5 Å². The first-order valence-electron chi connectivity index (χ1n) is 6.03. The molecule has 1 heterocycles. The van der Waals surface area contributed by atoms with Crippen LogP contribution in [0.25, 0.3) is 0 Å². The largest absolute Gasteiger partial charge is 0.458 e. The fourth-order valence-electron chi connectivity index (χ4n) is 1.77. The molecule has 0 aliphatic carbocycles. The second-order valence-electron chi connectivity index (χ2n) is 4.38. The van der Waals surface area contributed by atoms with Gasteiger partial charge in [-0.2, -0.15) is 0 Å². The number of nitrogens with zero attached hydrogens (tertiary/aromatic N) is 1. The predicted octanol–water partition coefficient (Wildman–Crippen LogP) is 4.25. The highest BCUT2D eigenvalue weighted by Gasteiger charge is 2.18. The molecule has 0 radical (unpaired) electrons. The van der Waals surface area contributed by atoms with Crippen LogP contribution < -0.4 is 0 Å². The maximum atomic E-state index is 11.9. The van der Waals surface area contributed by atoms with Gasteiger partial charge in [0.05, 0.1) is 12.1 Å². The number of benzene rings is 1. The summed E-state index contributed by atoms with van der Waals surface area (Å²) in [7, 11) is 0. The molecule has 2 rings (SSSR count). The quantitative estimate of drug-likeness (QED) is 0.767. The summed E-state index contributed by atoms with van der Waals surface area (Å²) in [5, 5.41) is 4.38. The third kappa shape index (κ3) is 3.61. The molecule has 1 aromatic carbocycles. The molecule has 1 aromatic heterocycles. The summed E-state index contributed by atoms with van der Waals surface area (Å²) in [6.45, 7) is 3.58. The van der Waals surface area contributed by atoms with Gasteiger partial charge in [0.15, 0.2) is 0 Å². The first kappa shape index (κ1) is 15.1. The molecule has 0 spiro atoms. The summed E-state index contributed by atoms with van der Waals surface area (Å²) in [4.78, 5) is 11.9. The number of rotatable bonds is 4. The van der Waals surface area contributed by atoms with E-state index >= 15 is 0 Å². The first-order chi connectivity index (χ1) is 9.47. The predicted molar refractivity (Wildman–Crippen MR) is 78.6 cm³/mol. The molecule has 0 saturated heterocycles. The molecule has 20 heavy (non-hydrogen) atoms. The fraction of sp³-hybridized carbons (Fsp3) is 0.286. The van der Waals surface area contributed by atoms with Gasteiger partial charge in [-0.1, -0.05) is 28.9 Å². The molecule has 4 nitrogen and oxygen atoms in total. The highest BCUT2D eigenvalue weighted by Crippen LogP contribution is 2.23. The lowest BCUT2D eigenvalue weighted by Gasteiger charge is -2.13. The van der Waals surface area contributed by atoms with E-state index in [4.69, 9.17) is 20.9 Å². The minimum Gasteiger partial charge on any atom is -0.458 e. The molecule has 1 atom stereocenters. The number of ether oxygens (including phenoxy) is 1. The lowest BCUT2D eigenvalue weighted by Crippen LogP contribution is -2.12. The van der Waals surface area contributed by atoms with Gasteiger partial charge in [0.2, 0.25) is 4.67 Å². The number of carbonyl (C=O) groups excluding carboxylic acids is 1. The zero-order valence-corrected chi connectivity index (χ0v) is 13.4. The van der Waals surface area contributed by atoms with E-state index in [1.165, 1.54) is 0 Å². The number of halogens is 2. The number of carbonyl (C=O) groups is 1. The van der Waals surface area contributed by atoms with Gasteiger partial charge in [0.1, 0.15) is 6.10 Å². The average Bonchev–Trinajstić information content (AvgIpc) is 2.70. The van der Waals surface area contributed by atoms with Crippen LogP contribution in [-0.2, 0) is 16.0 Å². The second kappa shape index (κ2) is 6.41. The van der Waals surface area contributed by atoms with Crippen LogP contribution in [0.3, 0.4) is 0 Å². The minimum absolute atomic E-state index is 0.112. The van der Waals surface area contributed by atoms with Gasteiger partial charge < -0.3 is 9.26 Å². The zero-order chi connectivity index (χ0) is 14.7. The Labute approximate surface area is 130 Å². The van der Waals surface area contributed by atoms with Crippen LogP contribution in [0.2, 0.25) is 5.02 Å². The van der Waals surface area contributed by atoms with Gasteiger partial charge in [-0.3, -0.25) is 4.79 Å². The Morgan fingerprint density at radius 3 is 2.90 bits per heavy atom. The average molecular weight is 359 g/mol. The number of aryl methyl sites for hydroxylation is 1. The van der Waals surface area contributed by atoms with Gasteiger partial charge >= 0.3 is 5.97 Å².